The topological polar surface area (TPSA) is 55.2 Å². The summed E-state index contributed by atoms with van der Waals surface area (Å²) in [5.74, 6) is -1.21. The van der Waals surface area contributed by atoms with Crippen LogP contribution in [0.1, 0.15) is 5.56 Å². The first-order valence-electron chi connectivity index (χ1n) is 5.48. The van der Waals surface area contributed by atoms with Gasteiger partial charge in [-0.15, -0.1) is 0 Å². The van der Waals surface area contributed by atoms with Crippen LogP contribution in [-0.2, 0) is 6.54 Å². The molecule has 2 rings (SSSR count). The van der Waals surface area contributed by atoms with Gasteiger partial charge in [0.15, 0.2) is 0 Å². The largest absolute Gasteiger partial charge is 0.381 e. The van der Waals surface area contributed by atoms with Crippen molar-refractivity contribution in [2.45, 2.75) is 6.54 Å². The second-order valence-electron chi connectivity index (χ2n) is 3.90. The highest BCUT2D eigenvalue weighted by Crippen LogP contribution is 2.22. The van der Waals surface area contributed by atoms with Gasteiger partial charge in [0.2, 0.25) is 5.82 Å². The van der Waals surface area contributed by atoms with Crippen LogP contribution in [0.15, 0.2) is 42.5 Å². The minimum atomic E-state index is -0.877. The van der Waals surface area contributed by atoms with Crippen molar-refractivity contribution in [2.24, 2.45) is 0 Å². The smallest absolute Gasteiger partial charge is 0.306 e. The van der Waals surface area contributed by atoms with Crippen LogP contribution < -0.4 is 5.32 Å². The summed E-state index contributed by atoms with van der Waals surface area (Å²) in [5, 5.41) is 13.5. The molecule has 4 nitrogen and oxygen atoms in total. The number of benzene rings is 2. The number of hydrogen-bond acceptors (Lipinski definition) is 3. The molecule has 98 valence electrons. The molecule has 0 aliphatic heterocycles. The zero-order chi connectivity index (χ0) is 13.8. The number of anilines is 1. The van der Waals surface area contributed by atoms with Gasteiger partial charge in [0.25, 0.3) is 0 Å². The second kappa shape index (κ2) is 5.43. The predicted molar refractivity (Wildman–Crippen MR) is 66.8 cm³/mol. The zero-order valence-corrected chi connectivity index (χ0v) is 9.77. The Balaban J connectivity index is 2.09. The van der Waals surface area contributed by atoms with E-state index >= 15 is 0 Å². The third-order valence-electron chi connectivity index (χ3n) is 2.55. The van der Waals surface area contributed by atoms with Crippen molar-refractivity contribution in [3.8, 4) is 0 Å². The van der Waals surface area contributed by atoms with Gasteiger partial charge in [-0.1, -0.05) is 12.1 Å². The van der Waals surface area contributed by atoms with Gasteiger partial charge in [-0.3, -0.25) is 10.1 Å². The predicted octanol–water partition coefficient (Wildman–Crippen LogP) is 3.49. The highest BCUT2D eigenvalue weighted by atomic mass is 19.1. The van der Waals surface area contributed by atoms with Crippen molar-refractivity contribution < 1.29 is 13.7 Å². The molecule has 6 heteroatoms. The molecule has 2 aromatic carbocycles. The number of halogens is 2. The average molecular weight is 264 g/mol. The fourth-order valence-electron chi connectivity index (χ4n) is 1.57. The van der Waals surface area contributed by atoms with Crippen molar-refractivity contribution >= 4 is 11.4 Å². The summed E-state index contributed by atoms with van der Waals surface area (Å²) in [5.41, 5.74) is 0.662. The molecule has 0 fully saturated rings. The highest BCUT2D eigenvalue weighted by molar-refractivity contribution is 5.52. The van der Waals surface area contributed by atoms with Gasteiger partial charge in [0, 0.05) is 18.3 Å². The maximum Gasteiger partial charge on any atom is 0.306 e. The SMILES string of the molecule is O=[N+]([O-])c1cc(NCc2ccc(F)cc2)ccc1F. The molecule has 0 saturated heterocycles. The monoisotopic (exact) mass is 264 g/mol. The van der Waals surface area contributed by atoms with E-state index in [0.29, 0.717) is 12.2 Å². The summed E-state index contributed by atoms with van der Waals surface area (Å²) in [7, 11) is 0. The van der Waals surface area contributed by atoms with Gasteiger partial charge in [-0.25, -0.2) is 4.39 Å². The molecular formula is C13H10F2N2O2. The van der Waals surface area contributed by atoms with Crippen molar-refractivity contribution in [3.05, 3.63) is 69.8 Å². The van der Waals surface area contributed by atoms with E-state index in [1.807, 2.05) is 0 Å². The van der Waals surface area contributed by atoms with Crippen LogP contribution >= 0.6 is 0 Å². The first-order valence-corrected chi connectivity index (χ1v) is 5.48. The quantitative estimate of drug-likeness (QED) is 0.679. The number of nitrogens with zero attached hydrogens (tertiary/aromatic N) is 1. The fourth-order valence-corrected chi connectivity index (χ4v) is 1.57. The first-order chi connectivity index (χ1) is 9.06. The molecule has 0 atom stereocenters. The Morgan fingerprint density at radius 3 is 2.42 bits per heavy atom. The maximum atomic E-state index is 13.1. The Morgan fingerprint density at radius 2 is 1.79 bits per heavy atom. The summed E-state index contributed by atoms with van der Waals surface area (Å²) >= 11 is 0. The standard InChI is InChI=1S/C13H10F2N2O2/c14-10-3-1-9(2-4-10)8-16-11-5-6-12(15)13(7-11)17(18)19/h1-7,16H,8H2. The third kappa shape index (κ3) is 3.25. The van der Waals surface area contributed by atoms with Gasteiger partial charge in [-0.05, 0) is 29.8 Å². The van der Waals surface area contributed by atoms with Crippen molar-refractivity contribution in [1.29, 1.82) is 0 Å². The lowest BCUT2D eigenvalue weighted by atomic mass is 10.2. The molecule has 0 aliphatic carbocycles. The maximum absolute atomic E-state index is 13.1. The van der Waals surface area contributed by atoms with E-state index in [1.165, 1.54) is 18.2 Å². The van der Waals surface area contributed by atoms with E-state index in [2.05, 4.69) is 5.32 Å². The number of rotatable bonds is 4. The van der Waals surface area contributed by atoms with Crippen LogP contribution in [0.2, 0.25) is 0 Å². The summed E-state index contributed by atoms with van der Waals surface area (Å²) in [4.78, 5) is 9.80. The van der Waals surface area contributed by atoms with Crippen LogP contribution in [0.3, 0.4) is 0 Å². The first kappa shape index (κ1) is 12.9. The minimum Gasteiger partial charge on any atom is -0.381 e. The summed E-state index contributed by atoms with van der Waals surface area (Å²) < 4.78 is 25.8. The average Bonchev–Trinajstić information content (AvgIpc) is 2.39. The Kier molecular flexibility index (Phi) is 3.70. The number of hydrogen-bond donors (Lipinski definition) is 1. The molecule has 0 aliphatic rings. The molecule has 0 heterocycles. The molecule has 0 bridgehead atoms. The molecule has 0 radical (unpaired) electrons. The van der Waals surface area contributed by atoms with Crippen LogP contribution in [-0.4, -0.2) is 4.92 Å². The Bertz CT molecular complexity index is 600. The number of nitro groups is 1. The second-order valence-corrected chi connectivity index (χ2v) is 3.90. The van der Waals surface area contributed by atoms with E-state index in [0.717, 1.165) is 17.7 Å². The van der Waals surface area contributed by atoms with E-state index in [1.54, 1.807) is 12.1 Å². The van der Waals surface area contributed by atoms with E-state index in [9.17, 15) is 18.9 Å². The summed E-state index contributed by atoms with van der Waals surface area (Å²) in [6.45, 7) is 0.364. The van der Waals surface area contributed by atoms with Gasteiger partial charge in [-0.2, -0.15) is 4.39 Å². The summed E-state index contributed by atoms with van der Waals surface area (Å²) in [6.07, 6.45) is 0. The van der Waals surface area contributed by atoms with Crippen molar-refractivity contribution in [2.75, 3.05) is 5.32 Å². The number of nitro benzene ring substituents is 1. The normalized spacial score (nSPS) is 10.2. The summed E-state index contributed by atoms with van der Waals surface area (Å²) in [6, 6.07) is 9.41. The molecule has 1 N–H and O–H groups in total. The lowest BCUT2D eigenvalue weighted by Gasteiger charge is -2.06. The zero-order valence-electron chi connectivity index (χ0n) is 9.77. The molecule has 0 aromatic heterocycles. The van der Waals surface area contributed by atoms with Crippen molar-refractivity contribution in [1.82, 2.24) is 0 Å². The van der Waals surface area contributed by atoms with E-state index in [-0.39, 0.29) is 5.82 Å². The third-order valence-corrected chi connectivity index (χ3v) is 2.55. The lowest BCUT2D eigenvalue weighted by molar-refractivity contribution is -0.387. The Labute approximate surface area is 107 Å². The lowest BCUT2D eigenvalue weighted by Crippen LogP contribution is -2.01. The molecule has 19 heavy (non-hydrogen) atoms. The van der Waals surface area contributed by atoms with Gasteiger partial charge in [0.1, 0.15) is 5.82 Å². The molecule has 0 spiro atoms. The van der Waals surface area contributed by atoms with E-state index < -0.39 is 16.4 Å². The molecule has 0 saturated carbocycles. The Hall–Kier alpha value is -2.50. The minimum absolute atomic E-state index is 0.332. The molecule has 2 aromatic rings. The molecule has 0 amide bonds. The van der Waals surface area contributed by atoms with Crippen LogP contribution in [0.5, 0.6) is 0 Å². The Morgan fingerprint density at radius 1 is 1.11 bits per heavy atom. The molecule has 0 unspecified atom stereocenters. The van der Waals surface area contributed by atoms with Crippen LogP contribution in [0, 0.1) is 21.7 Å². The van der Waals surface area contributed by atoms with Crippen molar-refractivity contribution in [3.63, 3.8) is 0 Å². The van der Waals surface area contributed by atoms with E-state index in [4.69, 9.17) is 0 Å². The van der Waals surface area contributed by atoms with Crippen LogP contribution in [0.4, 0.5) is 20.2 Å². The molecular weight excluding hydrogens is 254 g/mol. The van der Waals surface area contributed by atoms with Gasteiger partial charge < -0.3 is 5.32 Å². The highest BCUT2D eigenvalue weighted by Gasteiger charge is 2.13. The van der Waals surface area contributed by atoms with Crippen LogP contribution in [0.25, 0.3) is 0 Å². The van der Waals surface area contributed by atoms with Gasteiger partial charge >= 0.3 is 5.69 Å². The van der Waals surface area contributed by atoms with Gasteiger partial charge in [0.05, 0.1) is 4.92 Å². The fraction of sp³-hybridized carbons (Fsp3) is 0.0769. The number of nitrogens with one attached hydrogen (secondary N) is 1.